The van der Waals surface area contributed by atoms with Gasteiger partial charge in [-0.05, 0) is 43.5 Å². The number of rotatable bonds is 4. The van der Waals surface area contributed by atoms with E-state index in [1.807, 2.05) is 50.6 Å². The third kappa shape index (κ3) is 3.61. The molecule has 0 amide bonds. The summed E-state index contributed by atoms with van der Waals surface area (Å²) in [5, 5.41) is 6.13. The normalized spacial score (nSPS) is 22.0. The van der Waals surface area contributed by atoms with Crippen LogP contribution >= 0.6 is 0 Å². The second-order valence-corrected chi connectivity index (χ2v) is 4.39. The van der Waals surface area contributed by atoms with Crippen LogP contribution in [0.2, 0.25) is 0 Å². The van der Waals surface area contributed by atoms with Crippen molar-refractivity contribution in [1.29, 1.82) is 0 Å². The van der Waals surface area contributed by atoms with Crippen molar-refractivity contribution >= 4 is 6.21 Å². The minimum atomic E-state index is -0.0146. The van der Waals surface area contributed by atoms with Crippen molar-refractivity contribution < 1.29 is 4.74 Å². The number of hydrogen-bond donors (Lipinski definition) is 3. The predicted octanol–water partition coefficient (Wildman–Crippen LogP) is 1.31. The first-order valence-electron chi connectivity index (χ1n) is 6.54. The summed E-state index contributed by atoms with van der Waals surface area (Å²) in [7, 11) is 3.71. The molecule has 0 bridgehead atoms. The van der Waals surface area contributed by atoms with Crippen molar-refractivity contribution in [2.45, 2.75) is 12.6 Å². The summed E-state index contributed by atoms with van der Waals surface area (Å²) < 4.78 is 5.85. The molecule has 4 N–H and O–H groups in total. The Morgan fingerprint density at radius 3 is 2.85 bits per heavy atom. The van der Waals surface area contributed by atoms with Crippen LogP contribution in [-0.2, 0) is 4.74 Å². The lowest BCUT2D eigenvalue weighted by atomic mass is 10.2. The predicted molar refractivity (Wildman–Crippen MR) is 81.8 cm³/mol. The highest BCUT2D eigenvalue weighted by Gasteiger charge is 2.07. The van der Waals surface area contributed by atoms with Gasteiger partial charge < -0.3 is 15.8 Å². The first-order valence-corrected chi connectivity index (χ1v) is 6.54. The van der Waals surface area contributed by atoms with Crippen LogP contribution in [0.25, 0.3) is 0 Å². The van der Waals surface area contributed by atoms with Crippen molar-refractivity contribution in [3.8, 4) is 0 Å². The molecule has 1 unspecified atom stereocenters. The Morgan fingerprint density at radius 1 is 1.25 bits per heavy atom. The average Bonchev–Trinajstić information content (AvgIpc) is 2.78. The molecule has 0 saturated heterocycles. The number of hydrogen-bond acceptors (Lipinski definition) is 5. The van der Waals surface area contributed by atoms with Crippen LogP contribution in [0.4, 0.5) is 0 Å². The summed E-state index contributed by atoms with van der Waals surface area (Å²) in [5.41, 5.74) is 7.67. The van der Waals surface area contributed by atoms with E-state index in [2.05, 4.69) is 15.6 Å². The van der Waals surface area contributed by atoms with Gasteiger partial charge in [0.15, 0.2) is 0 Å². The molecule has 1 aliphatic heterocycles. The molecule has 0 radical (unpaired) electrons. The maximum Gasteiger partial charge on any atom is 0.128 e. The Morgan fingerprint density at radius 2 is 2.10 bits per heavy atom. The maximum atomic E-state index is 5.95. The quantitative estimate of drug-likeness (QED) is 0.721. The van der Waals surface area contributed by atoms with Gasteiger partial charge in [-0.25, -0.2) is 0 Å². The summed E-state index contributed by atoms with van der Waals surface area (Å²) >= 11 is 0. The van der Waals surface area contributed by atoms with E-state index in [-0.39, 0.29) is 6.17 Å². The van der Waals surface area contributed by atoms with Gasteiger partial charge in [-0.2, -0.15) is 0 Å². The molecule has 2 rings (SSSR count). The van der Waals surface area contributed by atoms with Crippen LogP contribution in [-0.4, -0.2) is 26.5 Å². The molecule has 0 aromatic heterocycles. The number of nitrogens with two attached hydrogens (primary N) is 1. The molecule has 1 heterocycles. The molecule has 5 heteroatoms. The maximum absolute atomic E-state index is 5.95. The Balaban J connectivity index is 2.05. The Labute approximate surface area is 119 Å². The number of allylic oxidation sites excluding steroid dienone is 5. The lowest BCUT2D eigenvalue weighted by molar-refractivity contribution is 0.335. The first kappa shape index (κ1) is 14.1. The van der Waals surface area contributed by atoms with Gasteiger partial charge in [-0.3, -0.25) is 10.3 Å². The van der Waals surface area contributed by atoms with Gasteiger partial charge in [-0.15, -0.1) is 0 Å². The van der Waals surface area contributed by atoms with E-state index < -0.39 is 0 Å². The van der Waals surface area contributed by atoms with E-state index >= 15 is 0 Å². The minimum Gasteiger partial charge on any atom is -0.458 e. The molecule has 0 fully saturated rings. The van der Waals surface area contributed by atoms with Gasteiger partial charge in [0.2, 0.25) is 0 Å². The first-order chi connectivity index (χ1) is 9.72. The highest BCUT2D eigenvalue weighted by Crippen LogP contribution is 2.17. The molecule has 20 heavy (non-hydrogen) atoms. The van der Waals surface area contributed by atoms with Gasteiger partial charge >= 0.3 is 0 Å². The Bertz CT molecular complexity index is 538. The molecular formula is C15H20N4O. The van der Waals surface area contributed by atoms with Crippen LogP contribution in [0.3, 0.4) is 0 Å². The molecule has 0 spiro atoms. The summed E-state index contributed by atoms with van der Waals surface area (Å²) in [4.78, 5) is 4.29. The molecule has 106 valence electrons. The SMILES string of the molecule is CNC1=C(N)CC=C(OC2=CC=NC(NC)C=C2)C=C1. The molecule has 0 aromatic carbocycles. The minimum absolute atomic E-state index is 0.0146. The van der Waals surface area contributed by atoms with Crippen LogP contribution < -0.4 is 16.4 Å². The molecule has 0 aromatic rings. The number of likely N-dealkylation sites (N-methyl/N-ethyl adjacent to an activating group) is 2. The van der Waals surface area contributed by atoms with Crippen LogP contribution in [0.1, 0.15) is 6.42 Å². The third-order valence-corrected chi connectivity index (χ3v) is 3.01. The summed E-state index contributed by atoms with van der Waals surface area (Å²) in [5.74, 6) is 1.51. The number of ether oxygens (including phenoxy) is 1. The van der Waals surface area contributed by atoms with Gasteiger partial charge in [0.05, 0.1) is 5.70 Å². The van der Waals surface area contributed by atoms with E-state index in [1.54, 1.807) is 6.21 Å². The molecule has 1 atom stereocenters. The molecule has 0 saturated carbocycles. The van der Waals surface area contributed by atoms with Gasteiger partial charge in [0.25, 0.3) is 0 Å². The van der Waals surface area contributed by atoms with E-state index in [0.29, 0.717) is 6.42 Å². The zero-order valence-electron chi connectivity index (χ0n) is 11.8. The average molecular weight is 272 g/mol. The molecule has 2 aliphatic rings. The van der Waals surface area contributed by atoms with Crippen LogP contribution in [0.15, 0.2) is 64.4 Å². The second-order valence-electron chi connectivity index (χ2n) is 4.39. The topological polar surface area (TPSA) is 71.7 Å². The van der Waals surface area contributed by atoms with Crippen molar-refractivity contribution in [1.82, 2.24) is 10.6 Å². The van der Waals surface area contributed by atoms with E-state index in [0.717, 1.165) is 22.9 Å². The smallest absolute Gasteiger partial charge is 0.128 e. The largest absolute Gasteiger partial charge is 0.458 e. The fourth-order valence-corrected chi connectivity index (χ4v) is 1.86. The summed E-state index contributed by atoms with van der Waals surface area (Å²) in [6.07, 6.45) is 13.8. The van der Waals surface area contributed by atoms with Crippen LogP contribution in [0.5, 0.6) is 0 Å². The fraction of sp³-hybridized carbons (Fsp3) is 0.267. The monoisotopic (exact) mass is 272 g/mol. The molecule has 5 nitrogen and oxygen atoms in total. The second kappa shape index (κ2) is 6.77. The van der Waals surface area contributed by atoms with E-state index in [9.17, 15) is 0 Å². The Kier molecular flexibility index (Phi) is 4.79. The van der Waals surface area contributed by atoms with Crippen molar-refractivity contribution in [3.05, 3.63) is 59.4 Å². The van der Waals surface area contributed by atoms with Crippen molar-refractivity contribution in [3.63, 3.8) is 0 Å². The highest BCUT2D eigenvalue weighted by atomic mass is 16.5. The number of aliphatic imine (C=N–C) groups is 1. The standard InChI is InChI=1S/C15H20N4O/c1-17-14-7-4-11(3-6-13(14)16)20-12-5-8-15(18-2)19-10-9-12/h3-5,7-10,15,17-18H,6,16H2,1-2H3. The van der Waals surface area contributed by atoms with Gasteiger partial charge in [-0.1, -0.05) is 0 Å². The molecular weight excluding hydrogens is 252 g/mol. The van der Waals surface area contributed by atoms with Crippen molar-refractivity contribution in [2.24, 2.45) is 10.7 Å². The van der Waals surface area contributed by atoms with Gasteiger partial charge in [0, 0.05) is 25.4 Å². The zero-order valence-corrected chi connectivity index (χ0v) is 11.8. The summed E-state index contributed by atoms with van der Waals surface area (Å²) in [6, 6.07) is 0. The molecule has 1 aliphatic carbocycles. The van der Waals surface area contributed by atoms with Gasteiger partial charge in [0.1, 0.15) is 17.7 Å². The third-order valence-electron chi connectivity index (χ3n) is 3.01. The van der Waals surface area contributed by atoms with Crippen molar-refractivity contribution in [2.75, 3.05) is 14.1 Å². The zero-order chi connectivity index (χ0) is 14.4. The lowest BCUT2D eigenvalue weighted by Gasteiger charge is -2.06. The fourth-order valence-electron chi connectivity index (χ4n) is 1.86. The van der Waals surface area contributed by atoms with E-state index in [1.165, 1.54) is 0 Å². The number of nitrogens with one attached hydrogen (secondary N) is 2. The highest BCUT2D eigenvalue weighted by molar-refractivity contribution is 5.73. The Hall–Kier alpha value is -2.27. The number of nitrogens with zero attached hydrogens (tertiary/aromatic N) is 1. The van der Waals surface area contributed by atoms with E-state index in [4.69, 9.17) is 10.5 Å². The summed E-state index contributed by atoms with van der Waals surface area (Å²) in [6.45, 7) is 0. The van der Waals surface area contributed by atoms with Crippen LogP contribution in [0, 0.1) is 0 Å². The lowest BCUT2D eigenvalue weighted by Crippen LogP contribution is -2.19.